The summed E-state index contributed by atoms with van der Waals surface area (Å²) in [5.41, 5.74) is 0.830. The van der Waals surface area contributed by atoms with Gasteiger partial charge >= 0.3 is 6.03 Å². The van der Waals surface area contributed by atoms with Crippen molar-refractivity contribution in [3.63, 3.8) is 0 Å². The van der Waals surface area contributed by atoms with Crippen molar-refractivity contribution < 1.29 is 14.3 Å². The monoisotopic (exact) mass is 394 g/mol. The van der Waals surface area contributed by atoms with E-state index in [1.807, 2.05) is 36.4 Å². The van der Waals surface area contributed by atoms with Crippen molar-refractivity contribution >= 4 is 17.6 Å². The summed E-state index contributed by atoms with van der Waals surface area (Å²) in [6, 6.07) is 17.2. The standard InChI is InChI=1S/C22H26N4O3/c1-22(17-7-6-10-19(15-17)29-2)20(27)26(21(28)23-22)16-24-11-13-25(14-12-24)18-8-4-3-5-9-18/h3-10,15H,11-14,16H2,1-2H3,(H,23,28)/t22-/m0/s1. The molecule has 2 aliphatic heterocycles. The molecule has 2 aromatic rings. The summed E-state index contributed by atoms with van der Waals surface area (Å²) in [6.07, 6.45) is 0. The van der Waals surface area contributed by atoms with Crippen LogP contribution in [0.1, 0.15) is 12.5 Å². The Hall–Kier alpha value is -3.06. The van der Waals surface area contributed by atoms with Crippen molar-refractivity contribution in [3.8, 4) is 5.75 Å². The third-order valence-electron chi connectivity index (χ3n) is 5.76. The number of rotatable bonds is 5. The van der Waals surface area contributed by atoms with Crippen LogP contribution in [0.25, 0.3) is 0 Å². The molecule has 1 atom stereocenters. The topological polar surface area (TPSA) is 65.1 Å². The van der Waals surface area contributed by atoms with E-state index in [1.54, 1.807) is 20.1 Å². The molecular formula is C22H26N4O3. The van der Waals surface area contributed by atoms with E-state index in [2.05, 4.69) is 27.2 Å². The summed E-state index contributed by atoms with van der Waals surface area (Å²) in [6.45, 7) is 5.35. The molecular weight excluding hydrogens is 368 g/mol. The molecule has 1 N–H and O–H groups in total. The van der Waals surface area contributed by atoms with E-state index in [1.165, 1.54) is 10.6 Å². The molecule has 152 valence electrons. The fourth-order valence-corrected chi connectivity index (χ4v) is 3.94. The molecule has 0 bridgehead atoms. The van der Waals surface area contributed by atoms with Gasteiger partial charge in [-0.2, -0.15) is 0 Å². The molecule has 3 amide bonds. The lowest BCUT2D eigenvalue weighted by atomic mass is 9.92. The molecule has 7 nitrogen and oxygen atoms in total. The van der Waals surface area contributed by atoms with Gasteiger partial charge in [-0.05, 0) is 36.8 Å². The van der Waals surface area contributed by atoms with Crippen LogP contribution >= 0.6 is 0 Å². The van der Waals surface area contributed by atoms with Crippen LogP contribution in [-0.2, 0) is 10.3 Å². The number of anilines is 1. The van der Waals surface area contributed by atoms with Crippen LogP contribution in [0.2, 0.25) is 0 Å². The highest BCUT2D eigenvalue weighted by Gasteiger charge is 2.49. The molecule has 7 heteroatoms. The van der Waals surface area contributed by atoms with Crippen LogP contribution in [0.4, 0.5) is 10.5 Å². The Morgan fingerprint density at radius 3 is 2.41 bits per heavy atom. The first-order valence-corrected chi connectivity index (χ1v) is 9.82. The van der Waals surface area contributed by atoms with Crippen molar-refractivity contribution in [1.82, 2.24) is 15.1 Å². The van der Waals surface area contributed by atoms with Crippen LogP contribution < -0.4 is 15.0 Å². The molecule has 2 saturated heterocycles. The number of carbonyl (C=O) groups is 2. The van der Waals surface area contributed by atoms with Gasteiger partial charge in [-0.1, -0.05) is 30.3 Å². The summed E-state index contributed by atoms with van der Waals surface area (Å²) in [5.74, 6) is 0.419. The van der Waals surface area contributed by atoms with Crippen LogP contribution in [0.15, 0.2) is 54.6 Å². The van der Waals surface area contributed by atoms with Gasteiger partial charge in [-0.3, -0.25) is 9.69 Å². The van der Waals surface area contributed by atoms with Crippen molar-refractivity contribution in [1.29, 1.82) is 0 Å². The number of nitrogens with one attached hydrogen (secondary N) is 1. The lowest BCUT2D eigenvalue weighted by Crippen LogP contribution is -2.51. The quantitative estimate of drug-likeness (QED) is 0.788. The number of amides is 3. The van der Waals surface area contributed by atoms with Crippen LogP contribution in [0.3, 0.4) is 0 Å². The highest BCUT2D eigenvalue weighted by molar-refractivity contribution is 6.07. The predicted octanol–water partition coefficient (Wildman–Crippen LogP) is 2.24. The second-order valence-electron chi connectivity index (χ2n) is 7.60. The molecule has 2 aromatic carbocycles. The molecule has 2 fully saturated rings. The Kier molecular flexibility index (Phi) is 5.15. The molecule has 2 heterocycles. The summed E-state index contributed by atoms with van der Waals surface area (Å²) in [5, 5.41) is 2.87. The number of ether oxygens (including phenoxy) is 1. The number of urea groups is 1. The molecule has 0 spiro atoms. The zero-order chi connectivity index (χ0) is 20.4. The Balaban J connectivity index is 1.42. The maximum Gasteiger partial charge on any atom is 0.326 e. The van der Waals surface area contributed by atoms with Crippen molar-refractivity contribution in [2.45, 2.75) is 12.5 Å². The number of nitrogens with zero attached hydrogens (tertiary/aromatic N) is 3. The minimum Gasteiger partial charge on any atom is -0.497 e. The number of imide groups is 1. The van der Waals surface area contributed by atoms with Gasteiger partial charge in [-0.15, -0.1) is 0 Å². The molecule has 4 rings (SSSR count). The normalized spacial score (nSPS) is 22.7. The van der Waals surface area contributed by atoms with Crippen LogP contribution in [0, 0.1) is 0 Å². The second kappa shape index (κ2) is 7.75. The second-order valence-corrected chi connectivity index (χ2v) is 7.60. The molecule has 0 aromatic heterocycles. The first-order valence-electron chi connectivity index (χ1n) is 9.82. The number of benzene rings is 2. The van der Waals surface area contributed by atoms with E-state index in [0.717, 1.165) is 26.2 Å². The fourth-order valence-electron chi connectivity index (χ4n) is 3.94. The van der Waals surface area contributed by atoms with Crippen LogP contribution in [0.5, 0.6) is 5.75 Å². The summed E-state index contributed by atoms with van der Waals surface area (Å²) in [4.78, 5) is 31.6. The Morgan fingerprint density at radius 1 is 1.00 bits per heavy atom. The number of carbonyl (C=O) groups excluding carboxylic acids is 2. The molecule has 0 radical (unpaired) electrons. The highest BCUT2D eigenvalue weighted by atomic mass is 16.5. The smallest absolute Gasteiger partial charge is 0.326 e. The minimum absolute atomic E-state index is 0.235. The minimum atomic E-state index is -1.09. The average Bonchev–Trinajstić information content (AvgIpc) is 2.99. The maximum absolute atomic E-state index is 13.2. The van der Waals surface area contributed by atoms with Gasteiger partial charge < -0.3 is 15.0 Å². The van der Waals surface area contributed by atoms with E-state index in [4.69, 9.17) is 4.74 Å². The Morgan fingerprint density at radius 2 is 1.72 bits per heavy atom. The first kappa shape index (κ1) is 19.3. The fraction of sp³-hybridized carbons (Fsp3) is 0.364. The first-order chi connectivity index (χ1) is 14.0. The van der Waals surface area contributed by atoms with E-state index in [0.29, 0.717) is 18.0 Å². The van der Waals surface area contributed by atoms with Gasteiger partial charge in [0, 0.05) is 31.9 Å². The van der Waals surface area contributed by atoms with Crippen molar-refractivity contribution in [3.05, 3.63) is 60.2 Å². The number of methoxy groups -OCH3 is 1. The number of hydrogen-bond donors (Lipinski definition) is 1. The molecule has 0 aliphatic carbocycles. The predicted molar refractivity (Wildman–Crippen MR) is 111 cm³/mol. The SMILES string of the molecule is COc1cccc([C@]2(C)NC(=O)N(CN3CCN(c4ccccc4)CC3)C2=O)c1. The number of para-hydroxylation sites is 1. The zero-order valence-corrected chi connectivity index (χ0v) is 16.8. The van der Waals surface area contributed by atoms with Gasteiger partial charge in [0.25, 0.3) is 5.91 Å². The third kappa shape index (κ3) is 3.65. The summed E-state index contributed by atoms with van der Waals surface area (Å²) < 4.78 is 5.27. The molecule has 29 heavy (non-hydrogen) atoms. The molecule has 0 unspecified atom stereocenters. The van der Waals surface area contributed by atoms with Gasteiger partial charge in [0.05, 0.1) is 13.8 Å². The van der Waals surface area contributed by atoms with Gasteiger partial charge in [-0.25, -0.2) is 9.69 Å². The molecule has 0 saturated carbocycles. The van der Waals surface area contributed by atoms with Gasteiger partial charge in [0.2, 0.25) is 0 Å². The Labute approximate surface area is 170 Å². The summed E-state index contributed by atoms with van der Waals surface area (Å²) in [7, 11) is 1.58. The summed E-state index contributed by atoms with van der Waals surface area (Å²) >= 11 is 0. The lowest BCUT2D eigenvalue weighted by molar-refractivity contribution is -0.132. The lowest BCUT2D eigenvalue weighted by Gasteiger charge is -2.37. The van der Waals surface area contributed by atoms with Crippen LogP contribution in [-0.4, -0.2) is 61.7 Å². The van der Waals surface area contributed by atoms with Gasteiger partial charge in [0.1, 0.15) is 11.3 Å². The van der Waals surface area contributed by atoms with E-state index in [-0.39, 0.29) is 11.9 Å². The Bertz CT molecular complexity index is 896. The van der Waals surface area contributed by atoms with E-state index < -0.39 is 5.54 Å². The zero-order valence-electron chi connectivity index (χ0n) is 16.8. The largest absolute Gasteiger partial charge is 0.497 e. The molecule has 2 aliphatic rings. The van der Waals surface area contributed by atoms with E-state index >= 15 is 0 Å². The highest BCUT2D eigenvalue weighted by Crippen LogP contribution is 2.31. The number of hydrogen-bond acceptors (Lipinski definition) is 5. The van der Waals surface area contributed by atoms with E-state index in [9.17, 15) is 9.59 Å². The van der Waals surface area contributed by atoms with Crippen molar-refractivity contribution in [2.24, 2.45) is 0 Å². The van der Waals surface area contributed by atoms with Crippen molar-refractivity contribution in [2.75, 3.05) is 44.9 Å². The van der Waals surface area contributed by atoms with Gasteiger partial charge in [0.15, 0.2) is 0 Å². The third-order valence-corrected chi connectivity index (χ3v) is 5.76. The average molecular weight is 394 g/mol. The number of piperazine rings is 1. The maximum atomic E-state index is 13.2.